The van der Waals surface area contributed by atoms with Crippen LogP contribution in [0.5, 0.6) is 0 Å². The lowest BCUT2D eigenvalue weighted by molar-refractivity contribution is -0.0800. The molecule has 0 atom stereocenters. The van der Waals surface area contributed by atoms with Crippen LogP contribution in [-0.2, 0) is 11.2 Å². The summed E-state index contributed by atoms with van der Waals surface area (Å²) in [5.74, 6) is 2.10. The van der Waals surface area contributed by atoms with E-state index in [-0.39, 0.29) is 5.95 Å². The van der Waals surface area contributed by atoms with Crippen LogP contribution >= 0.6 is 0 Å². The van der Waals surface area contributed by atoms with Gasteiger partial charge < -0.3 is 16.2 Å². The SMILES string of the molecule is CCOC1CCCCC1.NC(=O)c1cnc(N)nc1CC1C2CC1C2. The monoisotopic (exact) mass is 346 g/mol. The van der Waals surface area contributed by atoms with Crippen molar-refractivity contribution in [2.75, 3.05) is 12.3 Å². The first-order chi connectivity index (χ1) is 12.1. The summed E-state index contributed by atoms with van der Waals surface area (Å²) in [6.45, 7) is 2.97. The number of amides is 1. The van der Waals surface area contributed by atoms with Crippen molar-refractivity contribution in [3.8, 4) is 0 Å². The van der Waals surface area contributed by atoms with Crippen LogP contribution in [0.2, 0.25) is 0 Å². The molecule has 25 heavy (non-hydrogen) atoms. The number of carbonyl (C=O) groups is 1. The van der Waals surface area contributed by atoms with E-state index >= 15 is 0 Å². The molecule has 0 saturated heterocycles. The second kappa shape index (κ2) is 8.13. The van der Waals surface area contributed by atoms with Crippen LogP contribution in [-0.4, -0.2) is 28.6 Å². The average Bonchev–Trinajstić information content (AvgIpc) is 2.52. The molecule has 0 aromatic carbocycles. The lowest BCUT2D eigenvalue weighted by atomic mass is 9.47. The van der Waals surface area contributed by atoms with E-state index in [1.54, 1.807) is 0 Å². The van der Waals surface area contributed by atoms with Gasteiger partial charge in [-0.05, 0) is 56.8 Å². The Bertz CT molecular complexity index is 584. The zero-order valence-corrected chi connectivity index (χ0v) is 15.1. The van der Waals surface area contributed by atoms with Gasteiger partial charge in [0.05, 0.1) is 17.4 Å². The summed E-state index contributed by atoms with van der Waals surface area (Å²) in [7, 11) is 0. The van der Waals surface area contributed by atoms with Crippen LogP contribution in [0.3, 0.4) is 0 Å². The minimum atomic E-state index is -0.469. The van der Waals surface area contributed by atoms with Gasteiger partial charge in [0.25, 0.3) is 5.91 Å². The summed E-state index contributed by atoms with van der Waals surface area (Å²) in [5, 5.41) is 0. The van der Waals surface area contributed by atoms with Gasteiger partial charge in [0.1, 0.15) is 0 Å². The molecular weight excluding hydrogens is 316 g/mol. The first-order valence-electron chi connectivity index (χ1n) is 9.61. The molecule has 5 rings (SSSR count). The highest BCUT2D eigenvalue weighted by molar-refractivity contribution is 5.93. The van der Waals surface area contributed by atoms with E-state index in [9.17, 15) is 4.79 Å². The Balaban J connectivity index is 0.000000173. The first-order valence-corrected chi connectivity index (χ1v) is 9.61. The maximum absolute atomic E-state index is 11.2. The topological polar surface area (TPSA) is 104 Å². The molecule has 4 saturated carbocycles. The molecule has 4 fully saturated rings. The van der Waals surface area contributed by atoms with Crippen LogP contribution in [0.4, 0.5) is 5.95 Å². The number of hydrogen-bond acceptors (Lipinski definition) is 5. The van der Waals surface area contributed by atoms with Crippen LogP contribution in [0, 0.1) is 17.8 Å². The van der Waals surface area contributed by atoms with E-state index in [4.69, 9.17) is 16.2 Å². The molecule has 0 spiro atoms. The molecule has 1 aromatic rings. The van der Waals surface area contributed by atoms with Crippen LogP contribution in [0.1, 0.15) is 67.9 Å². The summed E-state index contributed by atoms with van der Waals surface area (Å²) in [6.07, 6.45) is 12.3. The van der Waals surface area contributed by atoms with Gasteiger partial charge >= 0.3 is 0 Å². The van der Waals surface area contributed by atoms with Gasteiger partial charge in [0.15, 0.2) is 0 Å². The first kappa shape index (κ1) is 18.1. The molecule has 0 radical (unpaired) electrons. The number of anilines is 1. The Morgan fingerprint density at radius 1 is 1.24 bits per heavy atom. The standard InChI is InChI=1S/C11H14N4O.C8H16O/c12-10(16)8-4-14-11(13)15-9(8)3-7-5-1-6(7)2-5;1-2-9-8-6-4-3-5-7-8/h4-7H,1-3H2,(H2,12,16)(H2,13,14,15);8H,2-7H2,1H3. The fourth-order valence-electron chi connectivity index (χ4n) is 4.22. The molecule has 6 heteroatoms. The highest BCUT2D eigenvalue weighted by Crippen LogP contribution is 2.59. The van der Waals surface area contributed by atoms with E-state index in [1.807, 2.05) is 0 Å². The molecule has 0 unspecified atom stereocenters. The summed E-state index contributed by atoms with van der Waals surface area (Å²) >= 11 is 0. The molecule has 6 nitrogen and oxygen atoms in total. The van der Waals surface area contributed by atoms with Gasteiger partial charge in [0, 0.05) is 12.8 Å². The second-order valence-electron chi connectivity index (χ2n) is 7.53. The van der Waals surface area contributed by atoms with E-state index in [2.05, 4.69) is 16.9 Å². The van der Waals surface area contributed by atoms with Gasteiger partial charge in [-0.2, -0.15) is 0 Å². The molecule has 4 N–H and O–H groups in total. The third-order valence-corrected chi connectivity index (χ3v) is 5.96. The summed E-state index contributed by atoms with van der Waals surface area (Å²) in [5.41, 5.74) is 12.0. The number of carbonyl (C=O) groups excluding carboxylic acids is 1. The fraction of sp³-hybridized carbons (Fsp3) is 0.737. The number of nitrogen functional groups attached to an aromatic ring is 1. The molecule has 1 heterocycles. The number of nitrogens with two attached hydrogens (primary N) is 2. The van der Waals surface area contributed by atoms with Crippen LogP contribution in [0.15, 0.2) is 6.20 Å². The third-order valence-electron chi connectivity index (χ3n) is 5.96. The Morgan fingerprint density at radius 3 is 2.44 bits per heavy atom. The molecule has 138 valence electrons. The fourth-order valence-corrected chi connectivity index (χ4v) is 4.22. The van der Waals surface area contributed by atoms with Gasteiger partial charge in [-0.1, -0.05) is 19.3 Å². The number of ether oxygens (including phenoxy) is 1. The number of aromatic nitrogens is 2. The minimum Gasteiger partial charge on any atom is -0.379 e. The molecule has 2 bridgehead atoms. The van der Waals surface area contributed by atoms with E-state index in [0.29, 0.717) is 17.6 Å². The van der Waals surface area contributed by atoms with Crippen LogP contribution < -0.4 is 11.5 Å². The minimum absolute atomic E-state index is 0.216. The maximum atomic E-state index is 11.2. The molecular formula is C19H30N4O2. The zero-order valence-electron chi connectivity index (χ0n) is 15.1. The summed E-state index contributed by atoms with van der Waals surface area (Å²) in [6, 6.07) is 0. The van der Waals surface area contributed by atoms with Gasteiger partial charge in [-0.3, -0.25) is 4.79 Å². The van der Waals surface area contributed by atoms with E-state index in [1.165, 1.54) is 51.1 Å². The molecule has 4 aliphatic rings. The normalized spacial score (nSPS) is 27.5. The van der Waals surface area contributed by atoms with Gasteiger partial charge in [-0.15, -0.1) is 0 Å². The lowest BCUT2D eigenvalue weighted by Crippen LogP contribution is -2.51. The Labute approximate surface area is 149 Å². The highest BCUT2D eigenvalue weighted by Gasteiger charge is 2.52. The van der Waals surface area contributed by atoms with Gasteiger partial charge in [-0.25, -0.2) is 9.97 Å². The zero-order chi connectivity index (χ0) is 17.8. The van der Waals surface area contributed by atoms with Crippen molar-refractivity contribution in [3.63, 3.8) is 0 Å². The van der Waals surface area contributed by atoms with Crippen molar-refractivity contribution in [2.24, 2.45) is 23.5 Å². The van der Waals surface area contributed by atoms with Crippen molar-refractivity contribution < 1.29 is 9.53 Å². The number of rotatable bonds is 5. The van der Waals surface area contributed by atoms with Crippen molar-refractivity contribution in [3.05, 3.63) is 17.5 Å². The molecule has 0 aliphatic heterocycles. The largest absolute Gasteiger partial charge is 0.379 e. The highest BCUT2D eigenvalue weighted by atomic mass is 16.5. The average molecular weight is 346 g/mol. The van der Waals surface area contributed by atoms with Crippen molar-refractivity contribution in [1.29, 1.82) is 0 Å². The Morgan fingerprint density at radius 2 is 1.92 bits per heavy atom. The maximum Gasteiger partial charge on any atom is 0.252 e. The second-order valence-corrected chi connectivity index (χ2v) is 7.53. The summed E-state index contributed by atoms with van der Waals surface area (Å²) < 4.78 is 5.48. The lowest BCUT2D eigenvalue weighted by Gasteiger charge is -2.58. The Hall–Kier alpha value is -1.69. The predicted molar refractivity (Wildman–Crippen MR) is 96.9 cm³/mol. The Kier molecular flexibility index (Phi) is 5.89. The number of hydrogen-bond donors (Lipinski definition) is 2. The van der Waals surface area contributed by atoms with Gasteiger partial charge in [0.2, 0.25) is 5.95 Å². The van der Waals surface area contributed by atoms with E-state index < -0.39 is 5.91 Å². The smallest absolute Gasteiger partial charge is 0.252 e. The molecule has 1 aromatic heterocycles. The van der Waals surface area contributed by atoms with E-state index in [0.717, 1.165) is 30.6 Å². The summed E-state index contributed by atoms with van der Waals surface area (Å²) in [4.78, 5) is 19.2. The number of nitrogens with zero attached hydrogens (tertiary/aromatic N) is 2. The van der Waals surface area contributed by atoms with Crippen molar-refractivity contribution in [1.82, 2.24) is 9.97 Å². The molecule has 1 amide bonds. The molecule has 4 aliphatic carbocycles. The number of primary amides is 1. The third kappa shape index (κ3) is 4.29. The van der Waals surface area contributed by atoms with Crippen molar-refractivity contribution >= 4 is 11.9 Å². The van der Waals surface area contributed by atoms with Crippen molar-refractivity contribution in [2.45, 2.75) is 64.4 Å². The predicted octanol–water partition coefficient (Wildman–Crippen LogP) is 2.71. The van der Waals surface area contributed by atoms with Crippen LogP contribution in [0.25, 0.3) is 0 Å². The quantitative estimate of drug-likeness (QED) is 0.853.